The lowest BCUT2D eigenvalue weighted by atomic mass is 10.1. The largest absolute Gasteiger partial charge is 0.476 e. The Kier molecular flexibility index (Phi) is 2.83. The van der Waals surface area contributed by atoms with Crippen LogP contribution >= 0.6 is 0 Å². The lowest BCUT2D eigenvalue weighted by Gasteiger charge is -2.21. The standard InChI is InChI=1S/C14H14N2O3/c17-10-6-7-16-11(8-10)12(14(18)19)15-13(16)9-4-2-1-3-5-9/h1-5,10,17H,6-8H2,(H,18,19). The van der Waals surface area contributed by atoms with Gasteiger partial charge >= 0.3 is 5.97 Å². The number of carbonyl (C=O) groups is 1. The number of hydrogen-bond acceptors (Lipinski definition) is 3. The van der Waals surface area contributed by atoms with Crippen molar-refractivity contribution < 1.29 is 15.0 Å². The van der Waals surface area contributed by atoms with Crippen molar-refractivity contribution in [3.8, 4) is 11.4 Å². The van der Waals surface area contributed by atoms with E-state index in [1.165, 1.54) is 0 Å². The maximum Gasteiger partial charge on any atom is 0.356 e. The summed E-state index contributed by atoms with van der Waals surface area (Å²) in [6.07, 6.45) is 0.495. The van der Waals surface area contributed by atoms with Crippen LogP contribution in [-0.2, 0) is 13.0 Å². The number of fused-ring (bicyclic) bond motifs is 1. The number of aromatic carboxylic acids is 1. The average molecular weight is 258 g/mol. The van der Waals surface area contributed by atoms with Crippen molar-refractivity contribution in [3.63, 3.8) is 0 Å². The molecule has 0 aliphatic carbocycles. The molecule has 1 aromatic carbocycles. The van der Waals surface area contributed by atoms with Gasteiger partial charge in [-0.2, -0.15) is 0 Å². The molecule has 19 heavy (non-hydrogen) atoms. The van der Waals surface area contributed by atoms with Gasteiger partial charge in [-0.3, -0.25) is 0 Å². The monoisotopic (exact) mass is 258 g/mol. The normalized spacial score (nSPS) is 18.1. The van der Waals surface area contributed by atoms with E-state index in [0.29, 0.717) is 30.9 Å². The van der Waals surface area contributed by atoms with E-state index in [2.05, 4.69) is 4.98 Å². The Morgan fingerprint density at radius 3 is 2.74 bits per heavy atom. The van der Waals surface area contributed by atoms with Crippen LogP contribution in [0.3, 0.4) is 0 Å². The molecular formula is C14H14N2O3. The highest BCUT2D eigenvalue weighted by Gasteiger charge is 2.27. The zero-order chi connectivity index (χ0) is 13.4. The second-order valence-corrected chi connectivity index (χ2v) is 4.70. The van der Waals surface area contributed by atoms with Gasteiger partial charge in [0.1, 0.15) is 5.82 Å². The first-order valence-corrected chi connectivity index (χ1v) is 6.23. The second-order valence-electron chi connectivity index (χ2n) is 4.70. The van der Waals surface area contributed by atoms with Gasteiger partial charge < -0.3 is 14.8 Å². The van der Waals surface area contributed by atoms with Crippen molar-refractivity contribution in [1.82, 2.24) is 9.55 Å². The fourth-order valence-electron chi connectivity index (χ4n) is 2.52. The number of imidazole rings is 1. The minimum absolute atomic E-state index is 0.0533. The maximum absolute atomic E-state index is 11.3. The molecule has 1 unspecified atom stereocenters. The van der Waals surface area contributed by atoms with E-state index in [1.54, 1.807) is 0 Å². The number of aliphatic hydroxyl groups excluding tert-OH is 1. The number of rotatable bonds is 2. The third kappa shape index (κ3) is 2.02. The van der Waals surface area contributed by atoms with Gasteiger partial charge in [0.15, 0.2) is 5.69 Å². The minimum Gasteiger partial charge on any atom is -0.476 e. The van der Waals surface area contributed by atoms with Crippen LogP contribution in [0, 0.1) is 0 Å². The molecule has 0 fully saturated rings. The summed E-state index contributed by atoms with van der Waals surface area (Å²) in [7, 11) is 0. The number of hydrogen-bond donors (Lipinski definition) is 2. The molecule has 2 N–H and O–H groups in total. The van der Waals surface area contributed by atoms with Crippen molar-refractivity contribution in [3.05, 3.63) is 41.7 Å². The highest BCUT2D eigenvalue weighted by atomic mass is 16.4. The van der Waals surface area contributed by atoms with Gasteiger partial charge in [-0.1, -0.05) is 30.3 Å². The fourth-order valence-corrected chi connectivity index (χ4v) is 2.52. The van der Waals surface area contributed by atoms with E-state index in [9.17, 15) is 15.0 Å². The van der Waals surface area contributed by atoms with Crippen molar-refractivity contribution in [2.45, 2.75) is 25.5 Å². The summed E-state index contributed by atoms with van der Waals surface area (Å²) in [5.41, 5.74) is 1.57. The molecule has 0 bridgehead atoms. The molecule has 1 aliphatic rings. The SMILES string of the molecule is O=C(O)c1nc(-c2ccccc2)n2c1CC(O)CC2. The molecule has 0 saturated carbocycles. The average Bonchev–Trinajstić information content (AvgIpc) is 2.78. The Labute approximate surface area is 110 Å². The van der Waals surface area contributed by atoms with Crippen molar-refractivity contribution in [2.75, 3.05) is 0 Å². The van der Waals surface area contributed by atoms with Crippen LogP contribution in [0.2, 0.25) is 0 Å². The third-order valence-corrected chi connectivity index (χ3v) is 3.42. The number of nitrogens with zero attached hydrogens (tertiary/aromatic N) is 2. The summed E-state index contributed by atoms with van der Waals surface area (Å²) in [6.45, 7) is 0.598. The predicted molar refractivity (Wildman–Crippen MR) is 69.0 cm³/mol. The number of aromatic nitrogens is 2. The zero-order valence-corrected chi connectivity index (χ0v) is 10.3. The smallest absolute Gasteiger partial charge is 0.356 e. The molecule has 5 nitrogen and oxygen atoms in total. The Morgan fingerprint density at radius 1 is 1.32 bits per heavy atom. The van der Waals surface area contributed by atoms with Crippen molar-refractivity contribution in [2.24, 2.45) is 0 Å². The van der Waals surface area contributed by atoms with E-state index in [1.807, 2.05) is 34.9 Å². The fraction of sp³-hybridized carbons (Fsp3) is 0.286. The van der Waals surface area contributed by atoms with E-state index in [0.717, 1.165) is 5.56 Å². The van der Waals surface area contributed by atoms with Gasteiger partial charge in [0.2, 0.25) is 0 Å². The lowest BCUT2D eigenvalue weighted by molar-refractivity contribution is 0.0687. The van der Waals surface area contributed by atoms with Crippen LogP contribution in [0.15, 0.2) is 30.3 Å². The van der Waals surface area contributed by atoms with Crippen LogP contribution in [0.4, 0.5) is 0 Å². The molecule has 2 heterocycles. The van der Waals surface area contributed by atoms with Crippen molar-refractivity contribution in [1.29, 1.82) is 0 Å². The topological polar surface area (TPSA) is 75.3 Å². The lowest BCUT2D eigenvalue weighted by Crippen LogP contribution is -2.24. The molecule has 98 valence electrons. The molecule has 0 radical (unpaired) electrons. The summed E-state index contributed by atoms with van der Waals surface area (Å²) in [5.74, 6) is -0.375. The molecule has 0 saturated heterocycles. The van der Waals surface area contributed by atoms with Gasteiger partial charge in [0.25, 0.3) is 0 Å². The van der Waals surface area contributed by atoms with Gasteiger partial charge in [-0.15, -0.1) is 0 Å². The summed E-state index contributed by atoms with van der Waals surface area (Å²) in [6, 6.07) is 9.52. The van der Waals surface area contributed by atoms with Crippen LogP contribution < -0.4 is 0 Å². The molecule has 3 rings (SSSR count). The summed E-state index contributed by atoms with van der Waals surface area (Å²) in [5, 5.41) is 18.9. The molecule has 1 aliphatic heterocycles. The molecule has 0 spiro atoms. The van der Waals surface area contributed by atoms with Gasteiger partial charge in [-0.25, -0.2) is 9.78 Å². The Hall–Kier alpha value is -2.14. The Morgan fingerprint density at radius 2 is 2.05 bits per heavy atom. The number of carboxylic acid groups (broad SMARTS) is 1. The highest BCUT2D eigenvalue weighted by Crippen LogP contribution is 2.27. The van der Waals surface area contributed by atoms with E-state index < -0.39 is 12.1 Å². The van der Waals surface area contributed by atoms with Gasteiger partial charge in [-0.05, 0) is 6.42 Å². The first kappa shape index (κ1) is 11.9. The van der Waals surface area contributed by atoms with Gasteiger partial charge in [0, 0.05) is 18.5 Å². The maximum atomic E-state index is 11.3. The third-order valence-electron chi connectivity index (χ3n) is 3.42. The Balaban J connectivity index is 2.17. The highest BCUT2D eigenvalue weighted by molar-refractivity contribution is 5.88. The van der Waals surface area contributed by atoms with Crippen LogP contribution in [-0.4, -0.2) is 31.8 Å². The van der Waals surface area contributed by atoms with Crippen LogP contribution in [0.5, 0.6) is 0 Å². The molecule has 5 heteroatoms. The minimum atomic E-state index is -1.04. The van der Waals surface area contributed by atoms with E-state index >= 15 is 0 Å². The molecule has 1 atom stereocenters. The van der Waals surface area contributed by atoms with Crippen LogP contribution in [0.25, 0.3) is 11.4 Å². The number of aliphatic hydroxyl groups is 1. The van der Waals surface area contributed by atoms with E-state index in [-0.39, 0.29) is 5.69 Å². The van der Waals surface area contributed by atoms with Gasteiger partial charge in [0.05, 0.1) is 11.8 Å². The predicted octanol–water partition coefficient (Wildman–Crippen LogP) is 1.56. The number of carboxylic acids is 1. The van der Waals surface area contributed by atoms with Crippen LogP contribution in [0.1, 0.15) is 22.6 Å². The Bertz CT molecular complexity index is 619. The molecule has 2 aromatic rings. The molecule has 1 aromatic heterocycles. The number of benzene rings is 1. The van der Waals surface area contributed by atoms with Crippen molar-refractivity contribution >= 4 is 5.97 Å². The second kappa shape index (κ2) is 4.51. The molecular weight excluding hydrogens is 244 g/mol. The first-order valence-electron chi connectivity index (χ1n) is 6.23. The summed E-state index contributed by atoms with van der Waals surface area (Å²) in [4.78, 5) is 15.5. The first-order chi connectivity index (χ1) is 9.16. The summed E-state index contributed by atoms with van der Waals surface area (Å²) >= 11 is 0. The molecule has 0 amide bonds. The summed E-state index contributed by atoms with van der Waals surface area (Å²) < 4.78 is 1.91. The zero-order valence-electron chi connectivity index (χ0n) is 10.3. The van der Waals surface area contributed by atoms with E-state index in [4.69, 9.17) is 0 Å². The quantitative estimate of drug-likeness (QED) is 0.857.